The third-order valence-electron chi connectivity index (χ3n) is 4.29. The summed E-state index contributed by atoms with van der Waals surface area (Å²) in [5.41, 5.74) is 1.62. The number of amides is 1. The summed E-state index contributed by atoms with van der Waals surface area (Å²) in [6, 6.07) is 11.4. The van der Waals surface area contributed by atoms with E-state index >= 15 is 0 Å². The lowest BCUT2D eigenvalue weighted by molar-refractivity contribution is -0.385. The molecule has 0 saturated carbocycles. The van der Waals surface area contributed by atoms with E-state index in [1.807, 2.05) is 38.1 Å². The van der Waals surface area contributed by atoms with Gasteiger partial charge in [-0.3, -0.25) is 14.9 Å². The molecule has 1 atom stereocenters. The largest absolute Gasteiger partial charge is 0.490 e. The summed E-state index contributed by atoms with van der Waals surface area (Å²) in [5, 5.41) is 14.1. The molecule has 0 saturated heterocycles. The van der Waals surface area contributed by atoms with E-state index in [9.17, 15) is 14.9 Å². The fourth-order valence-electron chi connectivity index (χ4n) is 2.87. The first-order valence-electron chi connectivity index (χ1n) is 8.48. The number of ether oxygens (including phenoxy) is 1. The van der Waals surface area contributed by atoms with Crippen molar-refractivity contribution in [2.24, 2.45) is 5.92 Å². The molecule has 3 aromatic rings. The summed E-state index contributed by atoms with van der Waals surface area (Å²) in [4.78, 5) is 31.1. The van der Waals surface area contributed by atoms with Gasteiger partial charge in [0.1, 0.15) is 5.82 Å². The number of carbonyl (C=O) groups is 1. The van der Waals surface area contributed by atoms with Gasteiger partial charge in [-0.15, -0.1) is 0 Å². The molecule has 0 aliphatic rings. The van der Waals surface area contributed by atoms with Gasteiger partial charge in [-0.2, -0.15) is 0 Å². The molecule has 0 aliphatic carbocycles. The van der Waals surface area contributed by atoms with E-state index in [2.05, 4.69) is 15.3 Å². The van der Waals surface area contributed by atoms with Crippen LogP contribution in [-0.4, -0.2) is 27.9 Å². The van der Waals surface area contributed by atoms with Crippen LogP contribution in [0.3, 0.4) is 0 Å². The Morgan fingerprint density at radius 1 is 1.26 bits per heavy atom. The van der Waals surface area contributed by atoms with Crippen LogP contribution < -0.4 is 10.1 Å². The predicted molar refractivity (Wildman–Crippen MR) is 101 cm³/mol. The number of aromatic nitrogens is 2. The molecule has 2 N–H and O–H groups in total. The molecule has 0 bridgehead atoms. The maximum atomic E-state index is 12.7. The average Bonchev–Trinajstić information content (AvgIpc) is 3.08. The average molecular weight is 368 g/mol. The Morgan fingerprint density at radius 2 is 2.00 bits per heavy atom. The minimum absolute atomic E-state index is 0.0581. The van der Waals surface area contributed by atoms with Gasteiger partial charge in [0.25, 0.3) is 5.91 Å². The molecule has 8 nitrogen and oxygen atoms in total. The number of nitrogens with zero attached hydrogens (tertiary/aromatic N) is 2. The van der Waals surface area contributed by atoms with Crippen molar-refractivity contribution in [1.82, 2.24) is 15.3 Å². The quantitative estimate of drug-likeness (QED) is 0.510. The van der Waals surface area contributed by atoms with Gasteiger partial charge in [-0.25, -0.2) is 4.98 Å². The second-order valence-corrected chi connectivity index (χ2v) is 6.48. The molecule has 8 heteroatoms. The van der Waals surface area contributed by atoms with Gasteiger partial charge in [-0.05, 0) is 30.2 Å². The number of nitro benzene ring substituents is 1. The van der Waals surface area contributed by atoms with Crippen LogP contribution in [0.5, 0.6) is 5.75 Å². The van der Waals surface area contributed by atoms with Crippen molar-refractivity contribution in [3.63, 3.8) is 0 Å². The number of fused-ring (bicyclic) bond motifs is 1. The van der Waals surface area contributed by atoms with Gasteiger partial charge in [0.15, 0.2) is 5.75 Å². The van der Waals surface area contributed by atoms with E-state index in [4.69, 9.17) is 4.74 Å². The maximum absolute atomic E-state index is 12.7. The zero-order valence-electron chi connectivity index (χ0n) is 15.2. The minimum atomic E-state index is -0.575. The SMILES string of the molecule is COc1ccc(C(=O)N[C@@H](c2nc3ccccc3[nH]2)C(C)C)cc1[N+](=O)[O-]. The normalized spacial score (nSPS) is 12.1. The van der Waals surface area contributed by atoms with E-state index < -0.39 is 10.8 Å². The first kappa shape index (κ1) is 18.4. The van der Waals surface area contributed by atoms with Crippen molar-refractivity contribution in [2.45, 2.75) is 19.9 Å². The highest BCUT2D eigenvalue weighted by Gasteiger charge is 2.24. The number of hydrogen-bond donors (Lipinski definition) is 2. The van der Waals surface area contributed by atoms with Crippen molar-refractivity contribution >= 4 is 22.6 Å². The van der Waals surface area contributed by atoms with Crippen LogP contribution in [0.15, 0.2) is 42.5 Å². The molecule has 0 radical (unpaired) electrons. The molecule has 27 heavy (non-hydrogen) atoms. The number of nitrogens with one attached hydrogen (secondary N) is 2. The van der Waals surface area contributed by atoms with Gasteiger partial charge in [-0.1, -0.05) is 26.0 Å². The van der Waals surface area contributed by atoms with E-state index in [0.29, 0.717) is 5.82 Å². The number of imidazole rings is 1. The lowest BCUT2D eigenvalue weighted by Crippen LogP contribution is -2.32. The molecule has 1 heterocycles. The van der Waals surface area contributed by atoms with Crippen LogP contribution in [-0.2, 0) is 0 Å². The highest BCUT2D eigenvalue weighted by atomic mass is 16.6. The van der Waals surface area contributed by atoms with E-state index in [1.165, 1.54) is 25.3 Å². The number of H-pyrrole nitrogens is 1. The number of para-hydroxylation sites is 2. The highest BCUT2D eigenvalue weighted by molar-refractivity contribution is 5.95. The molecular weight excluding hydrogens is 348 g/mol. The lowest BCUT2D eigenvalue weighted by Gasteiger charge is -2.20. The number of hydrogen-bond acceptors (Lipinski definition) is 5. The Morgan fingerprint density at radius 3 is 2.63 bits per heavy atom. The van der Waals surface area contributed by atoms with Gasteiger partial charge < -0.3 is 15.0 Å². The first-order valence-corrected chi connectivity index (χ1v) is 8.48. The zero-order valence-corrected chi connectivity index (χ0v) is 15.2. The lowest BCUT2D eigenvalue weighted by atomic mass is 10.0. The number of nitro groups is 1. The Bertz CT molecular complexity index is 963. The Balaban J connectivity index is 1.89. The minimum Gasteiger partial charge on any atom is -0.490 e. The van der Waals surface area contributed by atoms with Crippen LogP contribution >= 0.6 is 0 Å². The molecule has 1 amide bonds. The maximum Gasteiger partial charge on any atom is 0.311 e. The zero-order chi connectivity index (χ0) is 19.6. The molecular formula is C19H20N4O4. The standard InChI is InChI=1S/C19H20N4O4/c1-11(2)17(18-20-13-6-4-5-7-14(13)21-18)22-19(24)12-8-9-16(27-3)15(10-12)23(25)26/h4-11,17H,1-3H3,(H,20,21)(H,22,24)/t17-/m1/s1. The summed E-state index contributed by atoms with van der Waals surface area (Å²) in [5.74, 6) is 0.388. The van der Waals surface area contributed by atoms with Gasteiger partial charge in [0.05, 0.1) is 29.1 Å². The van der Waals surface area contributed by atoms with Crippen LogP contribution in [0, 0.1) is 16.0 Å². The monoisotopic (exact) mass is 368 g/mol. The molecule has 0 spiro atoms. The molecule has 0 aliphatic heterocycles. The summed E-state index contributed by atoms with van der Waals surface area (Å²) in [6.45, 7) is 3.93. The third-order valence-corrected chi connectivity index (χ3v) is 4.29. The van der Waals surface area contributed by atoms with Crippen molar-refractivity contribution < 1.29 is 14.5 Å². The smallest absolute Gasteiger partial charge is 0.311 e. The molecule has 1 aromatic heterocycles. The summed E-state index contributed by atoms with van der Waals surface area (Å²) < 4.78 is 4.98. The van der Waals surface area contributed by atoms with E-state index in [1.54, 1.807) is 0 Å². The molecule has 0 unspecified atom stereocenters. The van der Waals surface area contributed by atoms with Crippen molar-refractivity contribution in [2.75, 3.05) is 7.11 Å². The number of aromatic amines is 1. The summed E-state index contributed by atoms with van der Waals surface area (Å²) >= 11 is 0. The summed E-state index contributed by atoms with van der Waals surface area (Å²) in [7, 11) is 1.35. The van der Waals surface area contributed by atoms with Gasteiger partial charge in [0, 0.05) is 11.6 Å². The van der Waals surface area contributed by atoms with Crippen LogP contribution in [0.25, 0.3) is 11.0 Å². The van der Waals surface area contributed by atoms with Crippen molar-refractivity contribution in [1.29, 1.82) is 0 Å². The number of methoxy groups -OCH3 is 1. The Kier molecular flexibility index (Phi) is 5.07. The fraction of sp³-hybridized carbons (Fsp3) is 0.263. The fourth-order valence-corrected chi connectivity index (χ4v) is 2.87. The van der Waals surface area contributed by atoms with Gasteiger partial charge >= 0.3 is 5.69 Å². The first-order chi connectivity index (χ1) is 12.9. The number of rotatable bonds is 6. The Labute approximate surface area is 155 Å². The second kappa shape index (κ2) is 7.45. The molecule has 0 fully saturated rings. The highest BCUT2D eigenvalue weighted by Crippen LogP contribution is 2.28. The van der Waals surface area contributed by atoms with Gasteiger partial charge in [0.2, 0.25) is 0 Å². The van der Waals surface area contributed by atoms with Crippen molar-refractivity contribution in [3.8, 4) is 5.75 Å². The number of carbonyl (C=O) groups excluding carboxylic acids is 1. The van der Waals surface area contributed by atoms with E-state index in [0.717, 1.165) is 11.0 Å². The molecule has 140 valence electrons. The summed E-state index contributed by atoms with van der Waals surface area (Å²) in [6.07, 6.45) is 0. The molecule has 2 aromatic carbocycles. The van der Waals surface area contributed by atoms with Crippen molar-refractivity contribution in [3.05, 3.63) is 64.0 Å². The Hall–Kier alpha value is -3.42. The number of benzene rings is 2. The van der Waals surface area contributed by atoms with E-state index in [-0.39, 0.29) is 29.0 Å². The topological polar surface area (TPSA) is 110 Å². The second-order valence-electron chi connectivity index (χ2n) is 6.48. The van der Waals surface area contributed by atoms with Crippen LogP contribution in [0.4, 0.5) is 5.69 Å². The third kappa shape index (κ3) is 3.74. The van der Waals surface area contributed by atoms with Crippen LogP contribution in [0.1, 0.15) is 36.1 Å². The van der Waals surface area contributed by atoms with Crippen LogP contribution in [0.2, 0.25) is 0 Å². The predicted octanol–water partition coefficient (Wildman–Crippen LogP) is 3.61. The molecule has 3 rings (SSSR count).